The fraction of sp³-hybridized carbons (Fsp3) is 0.515. The molecule has 0 aliphatic carbocycles. The van der Waals surface area contributed by atoms with Crippen LogP contribution in [0.5, 0.6) is 0 Å². The van der Waals surface area contributed by atoms with Crippen molar-refractivity contribution in [3.8, 4) is 0 Å². The molecule has 1 amide bonds. The van der Waals surface area contributed by atoms with Gasteiger partial charge in [-0.15, -0.1) is 0 Å². The standard InChI is InChI=1S/C33H45N3O6/c1-3-4-14-36-25-30(33(38)34-24-26-8-6-5-7-9-26)32(37)29-11-10-27(23-31(29)36)35-15-12-28(13-16-35)42-22-21-41-20-19-40-18-17-39-2/h5-11,23,25,28H,3-4,12-22,24H2,1-2H3,(H,34,38). The van der Waals surface area contributed by atoms with Crippen LogP contribution >= 0.6 is 0 Å². The molecule has 1 N–H and O–H groups in total. The van der Waals surface area contributed by atoms with E-state index in [0.29, 0.717) is 51.6 Å². The largest absolute Gasteiger partial charge is 0.382 e. The van der Waals surface area contributed by atoms with Gasteiger partial charge in [0, 0.05) is 50.6 Å². The molecule has 9 heteroatoms. The molecule has 0 radical (unpaired) electrons. The van der Waals surface area contributed by atoms with Crippen LogP contribution in [-0.2, 0) is 32.0 Å². The van der Waals surface area contributed by atoms with Crippen molar-refractivity contribution in [2.24, 2.45) is 0 Å². The van der Waals surface area contributed by atoms with E-state index < -0.39 is 0 Å². The summed E-state index contributed by atoms with van der Waals surface area (Å²) < 4.78 is 24.0. The number of hydrogen-bond donors (Lipinski definition) is 1. The highest BCUT2D eigenvalue weighted by Crippen LogP contribution is 2.25. The Morgan fingerprint density at radius 3 is 2.38 bits per heavy atom. The highest BCUT2D eigenvalue weighted by atomic mass is 16.6. The van der Waals surface area contributed by atoms with Gasteiger partial charge in [0.1, 0.15) is 5.56 Å². The molecule has 1 aromatic heterocycles. The number of fused-ring (bicyclic) bond motifs is 1. The van der Waals surface area contributed by atoms with Gasteiger partial charge in [-0.25, -0.2) is 0 Å². The average molecular weight is 580 g/mol. The van der Waals surface area contributed by atoms with Crippen LogP contribution in [0.3, 0.4) is 0 Å². The number of nitrogens with zero attached hydrogens (tertiary/aromatic N) is 2. The van der Waals surface area contributed by atoms with Gasteiger partial charge < -0.3 is 33.7 Å². The zero-order valence-corrected chi connectivity index (χ0v) is 25.0. The lowest BCUT2D eigenvalue weighted by Gasteiger charge is -2.33. The van der Waals surface area contributed by atoms with Crippen LogP contribution in [0.15, 0.2) is 59.5 Å². The number of hydrogen-bond acceptors (Lipinski definition) is 7. The number of benzene rings is 2. The lowest BCUT2D eigenvalue weighted by Crippen LogP contribution is -2.37. The maximum absolute atomic E-state index is 13.4. The van der Waals surface area contributed by atoms with Crippen molar-refractivity contribution < 1.29 is 23.7 Å². The molecule has 3 aromatic rings. The molecular formula is C33H45N3O6. The zero-order chi connectivity index (χ0) is 29.6. The Balaban J connectivity index is 1.35. The summed E-state index contributed by atoms with van der Waals surface area (Å²) in [5, 5.41) is 3.49. The van der Waals surface area contributed by atoms with Crippen LogP contribution < -0.4 is 15.6 Å². The second kappa shape index (κ2) is 17.0. The molecule has 2 aromatic carbocycles. The number of aromatic nitrogens is 1. The highest BCUT2D eigenvalue weighted by molar-refractivity contribution is 5.97. The van der Waals surface area contributed by atoms with Crippen LogP contribution in [0, 0.1) is 0 Å². The van der Waals surface area contributed by atoms with E-state index in [-0.39, 0.29) is 23.0 Å². The van der Waals surface area contributed by atoms with E-state index in [1.165, 1.54) is 0 Å². The highest BCUT2D eigenvalue weighted by Gasteiger charge is 2.21. The molecule has 2 heterocycles. The fourth-order valence-electron chi connectivity index (χ4n) is 5.14. The summed E-state index contributed by atoms with van der Waals surface area (Å²) in [4.78, 5) is 28.9. The molecule has 0 atom stereocenters. The van der Waals surface area contributed by atoms with Crippen molar-refractivity contribution in [1.82, 2.24) is 9.88 Å². The summed E-state index contributed by atoms with van der Waals surface area (Å²) in [6, 6.07) is 15.7. The third kappa shape index (κ3) is 9.13. The van der Waals surface area contributed by atoms with E-state index in [9.17, 15) is 9.59 Å². The Morgan fingerprint density at radius 1 is 0.952 bits per heavy atom. The summed E-state index contributed by atoms with van der Waals surface area (Å²) in [5.41, 5.74) is 2.90. The van der Waals surface area contributed by atoms with Crippen molar-refractivity contribution in [2.75, 3.05) is 64.7 Å². The summed E-state index contributed by atoms with van der Waals surface area (Å²) in [5.74, 6) is -0.344. The van der Waals surface area contributed by atoms with Gasteiger partial charge in [0.05, 0.1) is 51.3 Å². The molecule has 42 heavy (non-hydrogen) atoms. The van der Waals surface area contributed by atoms with Gasteiger partial charge in [0.25, 0.3) is 5.91 Å². The van der Waals surface area contributed by atoms with Crippen LogP contribution in [0.25, 0.3) is 10.9 Å². The first-order chi connectivity index (χ1) is 20.6. The van der Waals surface area contributed by atoms with Crippen LogP contribution in [0.4, 0.5) is 5.69 Å². The van der Waals surface area contributed by atoms with Gasteiger partial charge in [-0.2, -0.15) is 0 Å². The predicted octanol–water partition coefficient (Wildman–Crippen LogP) is 4.40. The van der Waals surface area contributed by atoms with Crippen LogP contribution in [0.2, 0.25) is 0 Å². The number of carbonyl (C=O) groups is 1. The van der Waals surface area contributed by atoms with E-state index in [1.54, 1.807) is 13.3 Å². The summed E-state index contributed by atoms with van der Waals surface area (Å²) in [7, 11) is 1.66. The minimum absolute atomic E-state index is 0.183. The smallest absolute Gasteiger partial charge is 0.257 e. The molecule has 0 bridgehead atoms. The van der Waals surface area contributed by atoms with Crippen molar-refractivity contribution >= 4 is 22.5 Å². The van der Waals surface area contributed by atoms with Gasteiger partial charge in [-0.3, -0.25) is 9.59 Å². The van der Waals surface area contributed by atoms with Gasteiger partial charge in [0.2, 0.25) is 5.43 Å². The third-order valence-electron chi connectivity index (χ3n) is 7.55. The normalized spacial score (nSPS) is 14.0. The molecular weight excluding hydrogens is 534 g/mol. The van der Waals surface area contributed by atoms with Gasteiger partial charge >= 0.3 is 0 Å². The Bertz CT molecular complexity index is 1300. The minimum atomic E-state index is -0.344. The molecule has 9 nitrogen and oxygen atoms in total. The van der Waals surface area contributed by atoms with Crippen molar-refractivity contribution in [3.05, 3.63) is 76.1 Å². The molecule has 4 rings (SSSR count). The average Bonchev–Trinajstić information content (AvgIpc) is 3.03. The quantitative estimate of drug-likeness (QED) is 0.237. The summed E-state index contributed by atoms with van der Waals surface area (Å²) >= 11 is 0. The topological polar surface area (TPSA) is 91.3 Å². The number of carbonyl (C=O) groups excluding carboxylic acids is 1. The molecule has 0 spiro atoms. The lowest BCUT2D eigenvalue weighted by molar-refractivity contribution is -0.0217. The Morgan fingerprint density at radius 2 is 1.67 bits per heavy atom. The first kappa shape index (κ1) is 31.7. The maximum Gasteiger partial charge on any atom is 0.257 e. The second-order valence-corrected chi connectivity index (χ2v) is 10.6. The fourth-order valence-corrected chi connectivity index (χ4v) is 5.14. The number of pyridine rings is 1. The lowest BCUT2D eigenvalue weighted by atomic mass is 10.1. The summed E-state index contributed by atoms with van der Waals surface area (Å²) in [6.45, 7) is 8.43. The van der Waals surface area contributed by atoms with Gasteiger partial charge in [0.15, 0.2) is 0 Å². The van der Waals surface area contributed by atoms with Crippen molar-refractivity contribution in [3.63, 3.8) is 0 Å². The molecule has 1 fully saturated rings. The van der Waals surface area contributed by atoms with Crippen LogP contribution in [0.1, 0.15) is 48.5 Å². The second-order valence-electron chi connectivity index (χ2n) is 10.6. The van der Waals surface area contributed by atoms with Crippen molar-refractivity contribution in [1.29, 1.82) is 0 Å². The van der Waals surface area contributed by atoms with E-state index >= 15 is 0 Å². The molecule has 1 aliphatic heterocycles. The van der Waals surface area contributed by atoms with E-state index in [1.807, 2.05) is 42.5 Å². The van der Waals surface area contributed by atoms with E-state index in [2.05, 4.69) is 27.8 Å². The molecule has 1 aliphatic rings. The minimum Gasteiger partial charge on any atom is -0.382 e. The SMILES string of the molecule is CCCCn1cc(C(=O)NCc2ccccc2)c(=O)c2ccc(N3CCC(OCCOCCOCCOC)CC3)cc21. The van der Waals surface area contributed by atoms with Gasteiger partial charge in [-0.1, -0.05) is 43.7 Å². The molecule has 0 saturated carbocycles. The Hall–Kier alpha value is -3.24. The number of nitrogens with one attached hydrogen (secondary N) is 1. The Kier molecular flexibility index (Phi) is 12.8. The van der Waals surface area contributed by atoms with Crippen molar-refractivity contribution in [2.45, 2.75) is 51.8 Å². The van der Waals surface area contributed by atoms with E-state index in [0.717, 1.165) is 62.1 Å². The Labute approximate surface area is 248 Å². The number of unbranched alkanes of at least 4 members (excludes halogenated alkanes) is 1. The monoisotopic (exact) mass is 579 g/mol. The number of methoxy groups -OCH3 is 1. The summed E-state index contributed by atoms with van der Waals surface area (Å²) in [6.07, 6.45) is 5.79. The number of rotatable bonds is 17. The molecule has 1 saturated heterocycles. The number of ether oxygens (including phenoxy) is 4. The number of amides is 1. The predicted molar refractivity (Wildman–Crippen MR) is 165 cm³/mol. The number of anilines is 1. The number of piperidine rings is 1. The maximum atomic E-state index is 13.4. The van der Waals surface area contributed by atoms with Crippen LogP contribution in [-0.4, -0.2) is 76.4 Å². The molecule has 0 unspecified atom stereocenters. The molecule has 228 valence electrons. The first-order valence-corrected chi connectivity index (χ1v) is 15.1. The first-order valence-electron chi connectivity index (χ1n) is 15.1. The third-order valence-corrected chi connectivity index (χ3v) is 7.55. The van der Waals surface area contributed by atoms with Gasteiger partial charge in [-0.05, 0) is 43.0 Å². The zero-order valence-electron chi connectivity index (χ0n) is 25.0. The van der Waals surface area contributed by atoms with E-state index in [4.69, 9.17) is 18.9 Å². The number of aryl methyl sites for hydroxylation is 1.